The SMILES string of the molecule is Cc1ccc(C(=O)N2CCN(c3ccccn3)CC2)cc1NC(=O)c1ccco1. The first-order valence-corrected chi connectivity index (χ1v) is 9.52. The van der Waals surface area contributed by atoms with Gasteiger partial charge in [-0.3, -0.25) is 9.59 Å². The molecule has 0 bridgehead atoms. The molecule has 0 saturated carbocycles. The Morgan fingerprint density at radius 2 is 1.86 bits per heavy atom. The molecule has 3 heterocycles. The van der Waals surface area contributed by atoms with E-state index in [0.717, 1.165) is 24.5 Å². The number of benzene rings is 1. The van der Waals surface area contributed by atoms with Gasteiger partial charge in [-0.25, -0.2) is 4.98 Å². The lowest BCUT2D eigenvalue weighted by Crippen LogP contribution is -2.49. The third-order valence-electron chi connectivity index (χ3n) is 5.02. The number of furan rings is 1. The van der Waals surface area contributed by atoms with Crippen LogP contribution in [0.25, 0.3) is 0 Å². The number of aromatic nitrogens is 1. The number of nitrogens with zero attached hydrogens (tertiary/aromatic N) is 3. The maximum atomic E-state index is 13.0. The van der Waals surface area contributed by atoms with Crippen molar-refractivity contribution in [3.63, 3.8) is 0 Å². The van der Waals surface area contributed by atoms with Gasteiger partial charge in [0.2, 0.25) is 0 Å². The number of carbonyl (C=O) groups is 2. The van der Waals surface area contributed by atoms with Gasteiger partial charge in [0, 0.05) is 43.6 Å². The van der Waals surface area contributed by atoms with Crippen LogP contribution in [0, 0.1) is 6.92 Å². The Balaban J connectivity index is 1.43. The number of anilines is 2. The van der Waals surface area contributed by atoms with E-state index in [1.165, 1.54) is 6.26 Å². The lowest BCUT2D eigenvalue weighted by molar-refractivity contribution is 0.0746. The van der Waals surface area contributed by atoms with Crippen molar-refractivity contribution in [2.24, 2.45) is 0 Å². The molecular formula is C22H22N4O3. The van der Waals surface area contributed by atoms with E-state index in [2.05, 4.69) is 15.2 Å². The normalized spacial score (nSPS) is 14.0. The molecule has 0 spiro atoms. The van der Waals surface area contributed by atoms with Crippen LogP contribution < -0.4 is 10.2 Å². The van der Waals surface area contributed by atoms with E-state index in [1.54, 1.807) is 30.5 Å². The van der Waals surface area contributed by atoms with Crippen molar-refractivity contribution in [1.29, 1.82) is 0 Å². The van der Waals surface area contributed by atoms with Crippen molar-refractivity contribution in [3.8, 4) is 0 Å². The van der Waals surface area contributed by atoms with Gasteiger partial charge in [0.15, 0.2) is 5.76 Å². The predicted octanol–water partition coefficient (Wildman–Crippen LogP) is 3.20. The van der Waals surface area contributed by atoms with Crippen molar-refractivity contribution in [1.82, 2.24) is 9.88 Å². The summed E-state index contributed by atoms with van der Waals surface area (Å²) >= 11 is 0. The zero-order valence-corrected chi connectivity index (χ0v) is 16.2. The highest BCUT2D eigenvalue weighted by Gasteiger charge is 2.23. The molecule has 1 fully saturated rings. The number of amides is 2. The van der Waals surface area contributed by atoms with Gasteiger partial charge in [0.25, 0.3) is 11.8 Å². The van der Waals surface area contributed by atoms with Crippen LogP contribution in [-0.4, -0.2) is 47.9 Å². The molecule has 2 amide bonds. The van der Waals surface area contributed by atoms with Crippen LogP contribution in [0.2, 0.25) is 0 Å². The van der Waals surface area contributed by atoms with E-state index in [0.29, 0.717) is 24.3 Å². The third-order valence-corrected chi connectivity index (χ3v) is 5.02. The molecular weight excluding hydrogens is 368 g/mol. The summed E-state index contributed by atoms with van der Waals surface area (Å²) in [6.07, 6.45) is 3.23. The first-order valence-electron chi connectivity index (χ1n) is 9.52. The average Bonchev–Trinajstić information content (AvgIpc) is 3.31. The molecule has 0 atom stereocenters. The van der Waals surface area contributed by atoms with Crippen molar-refractivity contribution in [2.75, 3.05) is 36.4 Å². The van der Waals surface area contributed by atoms with E-state index in [9.17, 15) is 9.59 Å². The van der Waals surface area contributed by atoms with Crippen LogP contribution in [-0.2, 0) is 0 Å². The van der Waals surface area contributed by atoms with E-state index in [-0.39, 0.29) is 17.6 Å². The van der Waals surface area contributed by atoms with Crippen molar-refractivity contribution >= 4 is 23.3 Å². The highest BCUT2D eigenvalue weighted by molar-refractivity contribution is 6.04. The number of hydrogen-bond acceptors (Lipinski definition) is 5. The summed E-state index contributed by atoms with van der Waals surface area (Å²) in [6, 6.07) is 14.5. The molecule has 7 nitrogen and oxygen atoms in total. The summed E-state index contributed by atoms with van der Waals surface area (Å²) in [5, 5.41) is 2.82. The van der Waals surface area contributed by atoms with Gasteiger partial charge in [0.05, 0.1) is 6.26 Å². The van der Waals surface area contributed by atoms with Gasteiger partial charge in [-0.15, -0.1) is 0 Å². The second-order valence-corrected chi connectivity index (χ2v) is 6.93. The molecule has 7 heteroatoms. The van der Waals surface area contributed by atoms with E-state index >= 15 is 0 Å². The second kappa shape index (κ2) is 8.18. The molecule has 0 aliphatic carbocycles. The van der Waals surface area contributed by atoms with Gasteiger partial charge in [-0.05, 0) is 48.9 Å². The Hall–Kier alpha value is -3.61. The van der Waals surface area contributed by atoms with Crippen LogP contribution in [0.3, 0.4) is 0 Å². The number of rotatable bonds is 4. The van der Waals surface area contributed by atoms with Crippen LogP contribution in [0.15, 0.2) is 65.4 Å². The number of carbonyl (C=O) groups excluding carboxylic acids is 2. The minimum atomic E-state index is -0.341. The minimum Gasteiger partial charge on any atom is -0.459 e. The molecule has 3 aromatic rings. The summed E-state index contributed by atoms with van der Waals surface area (Å²) in [5.41, 5.74) is 2.03. The first kappa shape index (κ1) is 18.7. The van der Waals surface area contributed by atoms with Crippen LogP contribution in [0.5, 0.6) is 0 Å². The monoisotopic (exact) mass is 390 g/mol. The van der Waals surface area contributed by atoms with Gasteiger partial charge >= 0.3 is 0 Å². The van der Waals surface area contributed by atoms with E-state index in [1.807, 2.05) is 36.1 Å². The number of pyridine rings is 1. The molecule has 0 unspecified atom stereocenters. The average molecular weight is 390 g/mol. The molecule has 1 N–H and O–H groups in total. The lowest BCUT2D eigenvalue weighted by atomic mass is 10.1. The molecule has 1 aromatic carbocycles. The summed E-state index contributed by atoms with van der Waals surface area (Å²) in [6.45, 7) is 4.60. The van der Waals surface area contributed by atoms with Crippen LogP contribution in [0.4, 0.5) is 11.5 Å². The van der Waals surface area contributed by atoms with Gasteiger partial charge in [0.1, 0.15) is 5.82 Å². The second-order valence-electron chi connectivity index (χ2n) is 6.93. The number of hydrogen-bond donors (Lipinski definition) is 1. The molecule has 1 aliphatic rings. The smallest absolute Gasteiger partial charge is 0.291 e. The fraction of sp³-hybridized carbons (Fsp3) is 0.227. The van der Waals surface area contributed by atoms with Crippen LogP contribution >= 0.6 is 0 Å². The fourth-order valence-corrected chi connectivity index (χ4v) is 3.34. The molecule has 29 heavy (non-hydrogen) atoms. The van der Waals surface area contributed by atoms with Crippen molar-refractivity contribution in [2.45, 2.75) is 6.92 Å². The predicted molar refractivity (Wildman–Crippen MR) is 110 cm³/mol. The van der Waals surface area contributed by atoms with Gasteiger partial charge < -0.3 is 19.5 Å². The zero-order valence-electron chi connectivity index (χ0n) is 16.2. The minimum absolute atomic E-state index is 0.0424. The summed E-state index contributed by atoms with van der Waals surface area (Å²) in [5.74, 6) is 0.774. The maximum absolute atomic E-state index is 13.0. The molecule has 4 rings (SSSR count). The number of aryl methyl sites for hydroxylation is 1. The first-order chi connectivity index (χ1) is 14.1. The van der Waals surface area contributed by atoms with E-state index < -0.39 is 0 Å². The molecule has 2 aromatic heterocycles. The highest BCUT2D eigenvalue weighted by Crippen LogP contribution is 2.21. The van der Waals surface area contributed by atoms with Gasteiger partial charge in [-0.2, -0.15) is 0 Å². The van der Waals surface area contributed by atoms with E-state index in [4.69, 9.17) is 4.42 Å². The number of nitrogens with one attached hydrogen (secondary N) is 1. The third kappa shape index (κ3) is 4.13. The maximum Gasteiger partial charge on any atom is 0.291 e. The molecule has 1 aliphatic heterocycles. The quantitative estimate of drug-likeness (QED) is 0.740. The van der Waals surface area contributed by atoms with Crippen molar-refractivity contribution < 1.29 is 14.0 Å². The number of piperazine rings is 1. The van der Waals surface area contributed by atoms with Crippen LogP contribution in [0.1, 0.15) is 26.5 Å². The molecule has 1 saturated heterocycles. The molecule has 148 valence electrons. The highest BCUT2D eigenvalue weighted by atomic mass is 16.3. The summed E-state index contributed by atoms with van der Waals surface area (Å²) in [7, 11) is 0. The Kier molecular flexibility index (Phi) is 5.29. The largest absolute Gasteiger partial charge is 0.459 e. The Bertz CT molecular complexity index is 994. The van der Waals surface area contributed by atoms with Gasteiger partial charge in [-0.1, -0.05) is 12.1 Å². The summed E-state index contributed by atoms with van der Waals surface area (Å²) < 4.78 is 5.13. The lowest BCUT2D eigenvalue weighted by Gasteiger charge is -2.35. The Morgan fingerprint density at radius 1 is 1.03 bits per heavy atom. The molecule has 0 radical (unpaired) electrons. The topological polar surface area (TPSA) is 78.7 Å². The zero-order chi connectivity index (χ0) is 20.2. The fourth-order valence-electron chi connectivity index (χ4n) is 3.34. The standard InChI is InChI=1S/C22H22N4O3/c1-16-7-8-17(15-18(16)24-21(27)19-5-4-14-29-19)22(28)26-12-10-25(11-13-26)20-6-2-3-9-23-20/h2-9,14-15H,10-13H2,1H3,(H,24,27). The summed E-state index contributed by atoms with van der Waals surface area (Å²) in [4.78, 5) is 33.6. The Labute approximate surface area is 169 Å². The van der Waals surface area contributed by atoms with Crippen molar-refractivity contribution in [3.05, 3.63) is 77.9 Å². The Morgan fingerprint density at radius 3 is 2.55 bits per heavy atom.